The van der Waals surface area contributed by atoms with Crippen molar-refractivity contribution in [3.8, 4) is 33.9 Å². The van der Waals surface area contributed by atoms with Crippen LogP contribution in [0.15, 0.2) is 168 Å². The van der Waals surface area contributed by atoms with E-state index < -0.39 is 0 Å². The van der Waals surface area contributed by atoms with Gasteiger partial charge in [0.25, 0.3) is 0 Å². The SMILES string of the molecule is c1ccc(-n2c(-c3ccccc3-n3c4ccccc4c4cc(-c5cccc6c5oc5ccccc56)ccc43)nc3ccccc32)cc1. The maximum atomic E-state index is 6.43. The minimum atomic E-state index is 0.908. The Morgan fingerprint density at radius 3 is 2.04 bits per heavy atom. The lowest BCUT2D eigenvalue weighted by atomic mass is 10.0. The Hall–Kier alpha value is -6.39. The molecule has 0 aliphatic carbocycles. The van der Waals surface area contributed by atoms with E-state index in [0.717, 1.165) is 77.9 Å². The van der Waals surface area contributed by atoms with Gasteiger partial charge in [-0.25, -0.2) is 4.98 Å². The molecule has 0 fully saturated rings. The Morgan fingerprint density at radius 1 is 0.447 bits per heavy atom. The molecule has 0 amide bonds. The van der Waals surface area contributed by atoms with Crippen molar-refractivity contribution >= 4 is 54.8 Å². The zero-order valence-corrected chi connectivity index (χ0v) is 25.3. The molecule has 0 aliphatic rings. The van der Waals surface area contributed by atoms with E-state index in [2.05, 4.69) is 161 Å². The first-order chi connectivity index (χ1) is 23.3. The third-order valence-electron chi connectivity index (χ3n) is 9.35. The molecule has 4 heteroatoms. The van der Waals surface area contributed by atoms with Crippen molar-refractivity contribution in [2.24, 2.45) is 0 Å². The molecule has 0 radical (unpaired) electrons. The number of para-hydroxylation sites is 7. The number of nitrogens with zero attached hydrogens (tertiary/aromatic N) is 3. The average Bonchev–Trinajstić information content (AvgIpc) is 3.81. The van der Waals surface area contributed by atoms with Crippen LogP contribution in [-0.2, 0) is 0 Å². The highest BCUT2D eigenvalue weighted by Gasteiger charge is 2.21. The van der Waals surface area contributed by atoms with Crippen molar-refractivity contribution in [3.05, 3.63) is 164 Å². The number of imidazole rings is 1. The van der Waals surface area contributed by atoms with Gasteiger partial charge in [0.1, 0.15) is 17.0 Å². The molecule has 10 aromatic rings. The Morgan fingerprint density at radius 2 is 1.13 bits per heavy atom. The Balaban J connectivity index is 1.23. The van der Waals surface area contributed by atoms with Gasteiger partial charge in [-0.2, -0.15) is 0 Å². The van der Waals surface area contributed by atoms with Crippen LogP contribution in [0.1, 0.15) is 0 Å². The van der Waals surface area contributed by atoms with Crippen LogP contribution in [0, 0.1) is 0 Å². The molecule has 47 heavy (non-hydrogen) atoms. The molecule has 0 spiro atoms. The normalized spacial score (nSPS) is 11.8. The van der Waals surface area contributed by atoms with Gasteiger partial charge in [-0.05, 0) is 66.2 Å². The summed E-state index contributed by atoms with van der Waals surface area (Å²) in [6.45, 7) is 0. The second-order valence-corrected chi connectivity index (χ2v) is 12.0. The number of furan rings is 1. The maximum absolute atomic E-state index is 6.43. The number of aromatic nitrogens is 3. The number of rotatable bonds is 4. The summed E-state index contributed by atoms with van der Waals surface area (Å²) in [6.07, 6.45) is 0. The molecule has 0 aliphatic heterocycles. The van der Waals surface area contributed by atoms with Crippen LogP contribution in [0.5, 0.6) is 0 Å². The lowest BCUT2D eigenvalue weighted by Gasteiger charge is -2.15. The second kappa shape index (κ2) is 10.1. The van der Waals surface area contributed by atoms with Crippen LogP contribution in [0.25, 0.3) is 88.7 Å². The molecule has 10 rings (SSSR count). The van der Waals surface area contributed by atoms with Crippen molar-refractivity contribution in [2.45, 2.75) is 0 Å². The van der Waals surface area contributed by atoms with Crippen molar-refractivity contribution in [2.75, 3.05) is 0 Å². The molecule has 220 valence electrons. The number of benzene rings is 7. The number of hydrogen-bond donors (Lipinski definition) is 0. The molecule has 4 nitrogen and oxygen atoms in total. The first kappa shape index (κ1) is 25.9. The molecule has 3 aromatic heterocycles. The molecule has 0 saturated heterocycles. The summed E-state index contributed by atoms with van der Waals surface area (Å²) in [4.78, 5) is 5.23. The highest BCUT2D eigenvalue weighted by Crippen LogP contribution is 2.41. The largest absolute Gasteiger partial charge is 0.455 e. The Kier molecular flexibility index (Phi) is 5.54. The zero-order valence-electron chi connectivity index (χ0n) is 25.3. The number of fused-ring (bicyclic) bond motifs is 7. The zero-order chi connectivity index (χ0) is 30.9. The Labute approximate surface area is 270 Å². The molecule has 0 bridgehead atoms. The molecule has 0 atom stereocenters. The van der Waals surface area contributed by atoms with Crippen LogP contribution in [-0.4, -0.2) is 14.1 Å². The van der Waals surface area contributed by atoms with E-state index in [9.17, 15) is 0 Å². The summed E-state index contributed by atoms with van der Waals surface area (Å²) in [5.74, 6) is 0.909. The van der Waals surface area contributed by atoms with Gasteiger partial charge in [0.05, 0.1) is 27.8 Å². The van der Waals surface area contributed by atoms with Gasteiger partial charge in [0.15, 0.2) is 0 Å². The number of hydrogen-bond acceptors (Lipinski definition) is 2. The smallest absolute Gasteiger partial charge is 0.147 e. The fourth-order valence-corrected chi connectivity index (χ4v) is 7.28. The van der Waals surface area contributed by atoms with Crippen LogP contribution in [0.3, 0.4) is 0 Å². The molecule has 0 saturated carbocycles. The first-order valence-corrected chi connectivity index (χ1v) is 15.9. The lowest BCUT2D eigenvalue weighted by Crippen LogP contribution is -2.02. The average molecular weight is 602 g/mol. The predicted molar refractivity (Wildman–Crippen MR) is 194 cm³/mol. The lowest BCUT2D eigenvalue weighted by molar-refractivity contribution is 0.670. The summed E-state index contributed by atoms with van der Waals surface area (Å²) in [5.41, 5.74) is 11.6. The van der Waals surface area contributed by atoms with E-state index >= 15 is 0 Å². The molecular weight excluding hydrogens is 574 g/mol. The van der Waals surface area contributed by atoms with Gasteiger partial charge < -0.3 is 8.98 Å². The van der Waals surface area contributed by atoms with Gasteiger partial charge in [0.2, 0.25) is 0 Å². The topological polar surface area (TPSA) is 35.9 Å². The van der Waals surface area contributed by atoms with Crippen molar-refractivity contribution in [1.82, 2.24) is 14.1 Å². The van der Waals surface area contributed by atoms with Crippen LogP contribution in [0.4, 0.5) is 0 Å². The van der Waals surface area contributed by atoms with Crippen molar-refractivity contribution in [1.29, 1.82) is 0 Å². The summed E-state index contributed by atoms with van der Waals surface area (Å²) >= 11 is 0. The van der Waals surface area contributed by atoms with Gasteiger partial charge in [-0.15, -0.1) is 0 Å². The second-order valence-electron chi connectivity index (χ2n) is 12.0. The quantitative estimate of drug-likeness (QED) is 0.201. The summed E-state index contributed by atoms with van der Waals surface area (Å²) in [5, 5.41) is 4.67. The highest BCUT2D eigenvalue weighted by atomic mass is 16.3. The van der Waals surface area contributed by atoms with E-state index in [1.807, 2.05) is 12.1 Å². The van der Waals surface area contributed by atoms with E-state index in [0.29, 0.717) is 0 Å². The van der Waals surface area contributed by atoms with Gasteiger partial charge in [-0.1, -0.05) is 103 Å². The monoisotopic (exact) mass is 601 g/mol. The van der Waals surface area contributed by atoms with Gasteiger partial charge >= 0.3 is 0 Å². The van der Waals surface area contributed by atoms with Crippen LogP contribution >= 0.6 is 0 Å². The van der Waals surface area contributed by atoms with E-state index in [1.165, 1.54) is 10.8 Å². The third kappa shape index (κ3) is 3.85. The Bertz CT molecular complexity index is 2800. The third-order valence-corrected chi connectivity index (χ3v) is 9.35. The van der Waals surface area contributed by atoms with Gasteiger partial charge in [0, 0.05) is 38.4 Å². The molecule has 3 heterocycles. The maximum Gasteiger partial charge on any atom is 0.147 e. The molecule has 0 N–H and O–H groups in total. The first-order valence-electron chi connectivity index (χ1n) is 15.9. The molecule has 7 aromatic carbocycles. The van der Waals surface area contributed by atoms with E-state index in [1.54, 1.807) is 0 Å². The summed E-state index contributed by atoms with van der Waals surface area (Å²) in [6, 6.07) is 57.7. The fraction of sp³-hybridized carbons (Fsp3) is 0. The minimum Gasteiger partial charge on any atom is -0.455 e. The van der Waals surface area contributed by atoms with Gasteiger partial charge in [-0.3, -0.25) is 4.57 Å². The van der Waals surface area contributed by atoms with E-state index in [-0.39, 0.29) is 0 Å². The summed E-state index contributed by atoms with van der Waals surface area (Å²) in [7, 11) is 0. The van der Waals surface area contributed by atoms with Crippen molar-refractivity contribution < 1.29 is 4.42 Å². The fourth-order valence-electron chi connectivity index (χ4n) is 7.28. The van der Waals surface area contributed by atoms with E-state index in [4.69, 9.17) is 9.40 Å². The molecular formula is C43H27N3O. The van der Waals surface area contributed by atoms with Crippen LogP contribution < -0.4 is 0 Å². The predicted octanol–water partition coefficient (Wildman–Crippen LogP) is 11.4. The standard InChI is InChI=1S/C43H27N3O/c1-2-13-29(14-3-1)45-40-23-10-7-20-36(40)44-43(45)34-17-5-9-22-38(34)46-37-21-8-4-15-31(37)35-27-28(25-26-39(35)46)30-18-12-19-33-32-16-6-11-24-41(32)47-42(30)33/h1-27H. The highest BCUT2D eigenvalue weighted by molar-refractivity contribution is 6.13. The summed E-state index contributed by atoms with van der Waals surface area (Å²) < 4.78 is 11.1. The molecule has 0 unspecified atom stereocenters. The van der Waals surface area contributed by atoms with Crippen molar-refractivity contribution in [3.63, 3.8) is 0 Å². The minimum absolute atomic E-state index is 0.908. The van der Waals surface area contributed by atoms with Crippen LogP contribution in [0.2, 0.25) is 0 Å².